The highest BCUT2D eigenvalue weighted by Crippen LogP contribution is 2.20. The van der Waals surface area contributed by atoms with Gasteiger partial charge >= 0.3 is 0 Å². The molecule has 2 nitrogen and oxygen atoms in total. The van der Waals surface area contributed by atoms with E-state index in [0.717, 1.165) is 12.1 Å². The lowest BCUT2D eigenvalue weighted by Gasteiger charge is -2.01. The van der Waals surface area contributed by atoms with E-state index in [4.69, 9.17) is 5.73 Å². The molecule has 0 radical (unpaired) electrons. The Bertz CT molecular complexity index is 340. The Morgan fingerprint density at radius 1 is 1.42 bits per heavy atom. The van der Waals surface area contributed by atoms with Crippen LogP contribution in [0.15, 0.2) is 12.1 Å². The number of halogens is 3. The Hall–Kier alpha value is -0.970. The van der Waals surface area contributed by atoms with Crippen LogP contribution < -0.4 is 5.73 Å². The van der Waals surface area contributed by atoms with Gasteiger partial charge in [0, 0.05) is 0 Å². The smallest absolute Gasteiger partial charge is 0.231 e. The molecule has 0 spiro atoms. The van der Waals surface area contributed by atoms with Crippen LogP contribution in [-0.2, 0) is 0 Å². The number of benzene rings is 1. The van der Waals surface area contributed by atoms with Crippen molar-refractivity contribution in [3.8, 4) is 0 Å². The maximum Gasteiger partial charge on any atom is 0.231 e. The largest absolute Gasteiger partial charge is 0.394 e. The number of hydrogen-bond donors (Lipinski definition) is 1. The summed E-state index contributed by atoms with van der Waals surface area (Å²) in [6, 6.07) is 1.96. The summed E-state index contributed by atoms with van der Waals surface area (Å²) in [7, 11) is 0. The molecule has 1 rings (SSSR count). The van der Waals surface area contributed by atoms with E-state index in [0.29, 0.717) is 0 Å². The standard InChI is InChI=1S/C7H4BrF2NO/c8-7(12)3-1-2-4(9)6(11)5(3)10/h1-2H,11H2. The first-order valence-corrected chi connectivity index (χ1v) is 3.76. The molecule has 5 heteroatoms. The third-order valence-corrected chi connectivity index (χ3v) is 1.77. The normalized spacial score (nSPS) is 9.92. The Morgan fingerprint density at radius 3 is 2.50 bits per heavy atom. The van der Waals surface area contributed by atoms with Crippen molar-refractivity contribution in [2.45, 2.75) is 0 Å². The predicted molar refractivity (Wildman–Crippen MR) is 44.0 cm³/mol. The SMILES string of the molecule is Nc1c(F)ccc(C(=O)Br)c1F. The van der Waals surface area contributed by atoms with Gasteiger partial charge in [-0.2, -0.15) is 0 Å². The second-order valence-electron chi connectivity index (χ2n) is 2.10. The van der Waals surface area contributed by atoms with Crippen LogP contribution in [0.2, 0.25) is 0 Å². The molecule has 0 aliphatic heterocycles. The van der Waals surface area contributed by atoms with Gasteiger partial charge in [-0.05, 0) is 28.1 Å². The van der Waals surface area contributed by atoms with Crippen LogP contribution in [0.25, 0.3) is 0 Å². The van der Waals surface area contributed by atoms with Crippen LogP contribution in [0.3, 0.4) is 0 Å². The molecule has 0 bridgehead atoms. The minimum atomic E-state index is -1.03. The molecule has 0 heterocycles. The molecule has 12 heavy (non-hydrogen) atoms. The lowest BCUT2D eigenvalue weighted by atomic mass is 10.2. The summed E-state index contributed by atoms with van der Waals surface area (Å²) in [5.41, 5.74) is 4.09. The summed E-state index contributed by atoms with van der Waals surface area (Å²) in [6.07, 6.45) is 0. The van der Waals surface area contributed by atoms with E-state index in [9.17, 15) is 13.6 Å². The highest BCUT2D eigenvalue weighted by atomic mass is 79.9. The average molecular weight is 236 g/mol. The molecule has 0 atom stereocenters. The van der Waals surface area contributed by atoms with E-state index >= 15 is 0 Å². The summed E-state index contributed by atoms with van der Waals surface area (Å²) in [5, 5.41) is 0. The molecule has 0 aliphatic rings. The Labute approximate surface area is 75.5 Å². The second kappa shape index (κ2) is 3.18. The Kier molecular flexibility index (Phi) is 2.42. The van der Waals surface area contributed by atoms with E-state index in [1.807, 2.05) is 0 Å². The van der Waals surface area contributed by atoms with Crippen LogP contribution in [0, 0.1) is 11.6 Å². The van der Waals surface area contributed by atoms with Crippen LogP contribution in [0.4, 0.5) is 14.5 Å². The zero-order valence-corrected chi connectivity index (χ0v) is 7.36. The number of hydrogen-bond acceptors (Lipinski definition) is 2. The fraction of sp³-hybridized carbons (Fsp3) is 0. The number of carbonyl (C=O) groups excluding carboxylic acids is 1. The summed E-state index contributed by atoms with van der Waals surface area (Å²) < 4.78 is 24.8. The van der Waals surface area contributed by atoms with Crippen molar-refractivity contribution in [2.24, 2.45) is 0 Å². The third kappa shape index (κ3) is 1.45. The Morgan fingerprint density at radius 2 is 2.00 bits per heavy atom. The monoisotopic (exact) mass is 235 g/mol. The van der Waals surface area contributed by atoms with Crippen molar-refractivity contribution in [1.82, 2.24) is 0 Å². The zero-order valence-electron chi connectivity index (χ0n) is 5.77. The van der Waals surface area contributed by atoms with Gasteiger partial charge < -0.3 is 5.73 Å². The van der Waals surface area contributed by atoms with Crippen molar-refractivity contribution in [3.63, 3.8) is 0 Å². The van der Waals surface area contributed by atoms with Gasteiger partial charge in [-0.3, -0.25) is 4.79 Å². The Balaban J connectivity index is 3.36. The topological polar surface area (TPSA) is 43.1 Å². The highest BCUT2D eigenvalue weighted by Gasteiger charge is 2.14. The van der Waals surface area contributed by atoms with Gasteiger partial charge in [0.05, 0.1) is 5.56 Å². The van der Waals surface area contributed by atoms with Crippen molar-refractivity contribution >= 4 is 26.3 Å². The number of rotatable bonds is 1. The van der Waals surface area contributed by atoms with Gasteiger partial charge in [0.1, 0.15) is 11.5 Å². The molecule has 0 fully saturated rings. The van der Waals surface area contributed by atoms with Crippen molar-refractivity contribution in [2.75, 3.05) is 5.73 Å². The minimum absolute atomic E-state index is 0.270. The molecular formula is C7H4BrF2NO. The van der Waals surface area contributed by atoms with Crippen molar-refractivity contribution in [3.05, 3.63) is 29.3 Å². The third-order valence-electron chi connectivity index (χ3n) is 1.34. The lowest BCUT2D eigenvalue weighted by Crippen LogP contribution is -2.01. The molecule has 0 amide bonds. The molecule has 0 aliphatic carbocycles. The maximum atomic E-state index is 12.9. The quantitative estimate of drug-likeness (QED) is 0.599. The summed E-state index contributed by atoms with van der Waals surface area (Å²) in [4.78, 5) is 10.6. The van der Waals surface area contributed by atoms with E-state index < -0.39 is 22.0 Å². The van der Waals surface area contributed by atoms with E-state index in [-0.39, 0.29) is 5.56 Å². The maximum absolute atomic E-state index is 12.9. The van der Waals surface area contributed by atoms with Gasteiger partial charge in [-0.1, -0.05) is 0 Å². The molecule has 2 N–H and O–H groups in total. The average Bonchev–Trinajstić information content (AvgIpc) is 2.00. The molecule has 1 aromatic carbocycles. The molecule has 0 saturated heterocycles. The molecule has 0 unspecified atom stereocenters. The van der Waals surface area contributed by atoms with Crippen LogP contribution in [0.1, 0.15) is 10.4 Å². The van der Waals surface area contributed by atoms with Gasteiger partial charge in [0.15, 0.2) is 5.82 Å². The number of anilines is 1. The molecule has 64 valence electrons. The molecule has 0 saturated carbocycles. The second-order valence-corrected chi connectivity index (χ2v) is 2.82. The number of nitrogen functional groups attached to an aromatic ring is 1. The number of nitrogens with two attached hydrogens (primary N) is 1. The summed E-state index contributed by atoms with van der Waals surface area (Å²) >= 11 is 2.54. The first kappa shape index (κ1) is 9.12. The zero-order chi connectivity index (χ0) is 9.30. The van der Waals surface area contributed by atoms with Crippen LogP contribution in [-0.4, -0.2) is 4.69 Å². The predicted octanol–water partition coefficient (Wildman–Crippen LogP) is 2.08. The summed E-state index contributed by atoms with van der Waals surface area (Å²) in [5.74, 6) is -1.90. The van der Waals surface area contributed by atoms with Gasteiger partial charge in [-0.15, -0.1) is 0 Å². The van der Waals surface area contributed by atoms with E-state index in [2.05, 4.69) is 15.9 Å². The van der Waals surface area contributed by atoms with E-state index in [1.165, 1.54) is 0 Å². The van der Waals surface area contributed by atoms with E-state index in [1.54, 1.807) is 0 Å². The van der Waals surface area contributed by atoms with Crippen LogP contribution >= 0.6 is 15.9 Å². The molecule has 1 aromatic rings. The number of carbonyl (C=O) groups is 1. The van der Waals surface area contributed by atoms with Gasteiger partial charge in [0.25, 0.3) is 0 Å². The molecule has 0 aromatic heterocycles. The first-order chi connectivity index (χ1) is 5.54. The van der Waals surface area contributed by atoms with Crippen LogP contribution in [0.5, 0.6) is 0 Å². The van der Waals surface area contributed by atoms with Gasteiger partial charge in [-0.25, -0.2) is 8.78 Å². The highest BCUT2D eigenvalue weighted by molar-refractivity contribution is 9.18. The first-order valence-electron chi connectivity index (χ1n) is 2.97. The fourth-order valence-electron chi connectivity index (χ4n) is 0.721. The minimum Gasteiger partial charge on any atom is -0.394 e. The lowest BCUT2D eigenvalue weighted by molar-refractivity contribution is 0.109. The van der Waals surface area contributed by atoms with Crippen molar-refractivity contribution in [1.29, 1.82) is 0 Å². The fourth-order valence-corrected chi connectivity index (χ4v) is 1.03. The molecular weight excluding hydrogens is 232 g/mol. The van der Waals surface area contributed by atoms with Gasteiger partial charge in [0.2, 0.25) is 4.69 Å². The summed E-state index contributed by atoms with van der Waals surface area (Å²) in [6.45, 7) is 0. The van der Waals surface area contributed by atoms with Crippen molar-refractivity contribution < 1.29 is 13.6 Å².